The monoisotopic (exact) mass is 290 g/mol. The molecule has 1 amide bonds. The lowest BCUT2D eigenvalue weighted by Gasteiger charge is -2.27. The lowest BCUT2D eigenvalue weighted by molar-refractivity contribution is -0.130. The summed E-state index contributed by atoms with van der Waals surface area (Å²) < 4.78 is 0. The minimum atomic E-state index is -0.263. The number of carbonyl (C=O) groups is 1. The Morgan fingerprint density at radius 1 is 1.62 bits per heavy atom. The van der Waals surface area contributed by atoms with Gasteiger partial charge in [0.25, 0.3) is 0 Å². The van der Waals surface area contributed by atoms with Crippen molar-refractivity contribution in [2.75, 3.05) is 7.05 Å². The predicted molar refractivity (Wildman–Crippen MR) is 78.7 cm³/mol. The van der Waals surface area contributed by atoms with Crippen LogP contribution in [0.1, 0.15) is 11.1 Å². The number of amides is 1. The maximum atomic E-state index is 11.6. The first-order chi connectivity index (χ1) is 7.63. The van der Waals surface area contributed by atoms with E-state index in [0.717, 1.165) is 13.5 Å². The Morgan fingerprint density at radius 2 is 2.38 bits per heavy atom. The molecular weight excluding hydrogens is 276 g/mol. The highest BCUT2D eigenvalue weighted by atomic mass is 32.6. The molecule has 0 aliphatic carbocycles. The Hall–Kier alpha value is 0.340. The first kappa shape index (κ1) is 12.8. The molecule has 86 valence electrons. The van der Waals surface area contributed by atoms with Crippen molar-refractivity contribution in [2.24, 2.45) is 0 Å². The molecule has 4 unspecified atom stereocenters. The molecule has 0 saturated carbocycles. The van der Waals surface area contributed by atoms with Crippen LogP contribution in [0.25, 0.3) is 0 Å². The molecular formula is C9H14N2OP4. The average Bonchev–Trinajstić information content (AvgIpc) is 2.29. The minimum absolute atomic E-state index is 0.200. The van der Waals surface area contributed by atoms with Gasteiger partial charge in [-0.1, -0.05) is 7.96 Å². The maximum absolute atomic E-state index is 11.6. The first-order valence-electron chi connectivity index (χ1n) is 4.85. The molecule has 0 bridgehead atoms. The molecule has 1 aliphatic heterocycles. The lowest BCUT2D eigenvalue weighted by Crippen LogP contribution is -2.35. The van der Waals surface area contributed by atoms with Gasteiger partial charge in [-0.25, -0.2) is 0 Å². The SMILES string of the molecule is CN1Cc2c(ccnc2P(P)PP)CC1=O. The van der Waals surface area contributed by atoms with Crippen LogP contribution < -0.4 is 5.44 Å². The van der Waals surface area contributed by atoms with E-state index in [4.69, 9.17) is 0 Å². The highest BCUT2D eigenvalue weighted by molar-refractivity contribution is 8.63. The molecule has 16 heavy (non-hydrogen) atoms. The Kier molecular flexibility index (Phi) is 4.26. The number of carbonyl (C=O) groups excluding carboxylic acids is 1. The number of hydrogen-bond donors (Lipinski definition) is 0. The molecule has 0 fully saturated rings. The van der Waals surface area contributed by atoms with E-state index in [-0.39, 0.29) is 13.2 Å². The van der Waals surface area contributed by atoms with Crippen LogP contribution >= 0.6 is 33.1 Å². The Bertz CT molecular complexity index is 426. The van der Waals surface area contributed by atoms with Crippen LogP contribution in [-0.4, -0.2) is 22.8 Å². The number of likely N-dealkylation sites (N-methyl/N-ethyl adjacent to an activating group) is 1. The van der Waals surface area contributed by atoms with Gasteiger partial charge in [0.2, 0.25) is 5.91 Å². The summed E-state index contributed by atoms with van der Waals surface area (Å²) in [6.45, 7) is 0.708. The van der Waals surface area contributed by atoms with E-state index in [9.17, 15) is 4.79 Å². The molecule has 0 spiro atoms. The second-order valence-electron chi connectivity index (χ2n) is 3.70. The molecule has 1 aliphatic rings. The minimum Gasteiger partial charge on any atom is -0.341 e. The van der Waals surface area contributed by atoms with Crippen molar-refractivity contribution in [3.8, 4) is 0 Å². The maximum Gasteiger partial charge on any atom is 0.227 e. The van der Waals surface area contributed by atoms with Crippen LogP contribution in [-0.2, 0) is 17.8 Å². The number of aromatic nitrogens is 1. The van der Waals surface area contributed by atoms with Gasteiger partial charge in [-0.3, -0.25) is 9.78 Å². The Labute approximate surface area is 103 Å². The van der Waals surface area contributed by atoms with Gasteiger partial charge in [-0.15, -0.1) is 17.9 Å². The average molecular weight is 290 g/mol. The molecule has 4 atom stereocenters. The van der Waals surface area contributed by atoms with Crippen LogP contribution in [0.2, 0.25) is 0 Å². The van der Waals surface area contributed by atoms with Crippen LogP contribution in [0.3, 0.4) is 0 Å². The predicted octanol–water partition coefficient (Wildman–Crippen LogP) is 1.88. The van der Waals surface area contributed by atoms with Gasteiger partial charge < -0.3 is 4.90 Å². The quantitative estimate of drug-likeness (QED) is 0.779. The summed E-state index contributed by atoms with van der Waals surface area (Å²) >= 11 is 0. The van der Waals surface area contributed by atoms with Gasteiger partial charge in [0.15, 0.2) is 0 Å². The van der Waals surface area contributed by atoms with Crippen LogP contribution in [0, 0.1) is 0 Å². The van der Waals surface area contributed by atoms with E-state index < -0.39 is 0 Å². The topological polar surface area (TPSA) is 33.2 Å². The fourth-order valence-electron chi connectivity index (χ4n) is 1.75. The first-order valence-corrected chi connectivity index (χ1v) is 11.5. The van der Waals surface area contributed by atoms with E-state index in [1.165, 1.54) is 11.0 Å². The largest absolute Gasteiger partial charge is 0.341 e. The summed E-state index contributed by atoms with van der Waals surface area (Å²) in [4.78, 5) is 17.9. The van der Waals surface area contributed by atoms with Crippen LogP contribution in [0.5, 0.6) is 0 Å². The van der Waals surface area contributed by atoms with E-state index >= 15 is 0 Å². The number of nitrogens with zero attached hydrogens (tertiary/aromatic N) is 2. The van der Waals surface area contributed by atoms with E-state index in [1.54, 1.807) is 4.90 Å². The van der Waals surface area contributed by atoms with Crippen molar-refractivity contribution in [3.63, 3.8) is 0 Å². The number of hydrogen-bond acceptors (Lipinski definition) is 2. The molecule has 1 aromatic rings. The summed E-state index contributed by atoms with van der Waals surface area (Å²) in [5.41, 5.74) is 3.61. The van der Waals surface area contributed by atoms with Gasteiger partial charge >= 0.3 is 0 Å². The third kappa shape index (κ3) is 2.44. The van der Waals surface area contributed by atoms with Crippen molar-refractivity contribution in [1.29, 1.82) is 0 Å². The normalized spacial score (nSPS) is 17.9. The van der Waals surface area contributed by atoms with E-state index in [1.807, 2.05) is 19.3 Å². The lowest BCUT2D eigenvalue weighted by atomic mass is 10.0. The van der Waals surface area contributed by atoms with Crippen molar-refractivity contribution in [3.05, 3.63) is 23.4 Å². The fourth-order valence-corrected chi connectivity index (χ4v) is 5.28. The Morgan fingerprint density at radius 3 is 3.06 bits per heavy atom. The van der Waals surface area contributed by atoms with Gasteiger partial charge in [0.05, 0.1) is 11.9 Å². The van der Waals surface area contributed by atoms with E-state index in [0.29, 0.717) is 13.0 Å². The molecule has 0 aromatic carbocycles. The highest BCUT2D eigenvalue weighted by Gasteiger charge is 2.24. The summed E-state index contributed by atoms with van der Waals surface area (Å²) in [7, 11) is 8.07. The summed E-state index contributed by atoms with van der Waals surface area (Å²) in [6, 6.07) is 1.98. The molecule has 2 rings (SSSR count). The zero-order valence-corrected chi connectivity index (χ0v) is 13.2. The summed E-state index contributed by atoms with van der Waals surface area (Å²) in [6.07, 6.45) is 2.35. The van der Waals surface area contributed by atoms with E-state index in [2.05, 4.69) is 22.8 Å². The zero-order chi connectivity index (χ0) is 11.7. The molecule has 7 heteroatoms. The van der Waals surface area contributed by atoms with Crippen molar-refractivity contribution in [2.45, 2.75) is 13.0 Å². The molecule has 1 aromatic heterocycles. The van der Waals surface area contributed by atoms with Gasteiger partial charge in [-0.2, -0.15) is 0 Å². The third-order valence-electron chi connectivity index (χ3n) is 2.66. The van der Waals surface area contributed by atoms with Crippen molar-refractivity contribution >= 4 is 44.5 Å². The summed E-state index contributed by atoms with van der Waals surface area (Å²) in [5, 5.41) is 0. The molecule has 0 radical (unpaired) electrons. The number of pyridine rings is 1. The number of fused-ring (bicyclic) bond motifs is 1. The standard InChI is InChI=1S/C9H14N2OP4/c1-11-5-7-6(4-8(11)12)2-3-10-9(7)16(14)15-13/h2-3,15H,4-5,13-14H2,1H3. The van der Waals surface area contributed by atoms with Crippen LogP contribution in [0.4, 0.5) is 0 Å². The molecule has 3 nitrogen and oxygen atoms in total. The molecule has 2 heterocycles. The smallest absolute Gasteiger partial charge is 0.227 e. The fraction of sp³-hybridized carbons (Fsp3) is 0.333. The third-order valence-corrected chi connectivity index (χ3v) is 12.5. The summed E-state index contributed by atoms with van der Waals surface area (Å²) in [5.74, 6) is 0.200. The molecule has 0 N–H and O–H groups in total. The van der Waals surface area contributed by atoms with Crippen LogP contribution in [0.15, 0.2) is 12.3 Å². The van der Waals surface area contributed by atoms with Crippen molar-refractivity contribution < 1.29 is 4.79 Å². The van der Waals surface area contributed by atoms with Gasteiger partial charge in [0, 0.05) is 25.4 Å². The number of rotatable bonds is 2. The van der Waals surface area contributed by atoms with Gasteiger partial charge in [0.1, 0.15) is 0 Å². The Balaban J connectivity index is 2.44. The second kappa shape index (κ2) is 5.32. The second-order valence-corrected chi connectivity index (χ2v) is 12.8. The molecule has 0 saturated heterocycles. The van der Waals surface area contributed by atoms with Crippen molar-refractivity contribution in [1.82, 2.24) is 9.88 Å². The van der Waals surface area contributed by atoms with Gasteiger partial charge in [-0.05, 0) is 18.9 Å². The zero-order valence-electron chi connectivity index (χ0n) is 8.97. The highest BCUT2D eigenvalue weighted by Crippen LogP contribution is 2.65.